The first kappa shape index (κ1) is 20.7. The predicted molar refractivity (Wildman–Crippen MR) is 109 cm³/mol. The van der Waals surface area contributed by atoms with Crippen molar-refractivity contribution in [2.75, 3.05) is 0 Å². The average molecular weight is 393 g/mol. The summed E-state index contributed by atoms with van der Waals surface area (Å²) in [7, 11) is 0. The number of aliphatic hydroxyl groups is 2. The van der Waals surface area contributed by atoms with Crippen molar-refractivity contribution in [3.63, 3.8) is 0 Å². The third-order valence-electron chi connectivity index (χ3n) is 10.2. The minimum absolute atomic E-state index is 0.179. The molecule has 0 saturated heterocycles. The van der Waals surface area contributed by atoms with Crippen LogP contribution in [0.25, 0.3) is 0 Å². The van der Waals surface area contributed by atoms with Crippen molar-refractivity contribution >= 4 is 5.97 Å². The first-order valence-electron chi connectivity index (χ1n) is 11.7. The van der Waals surface area contributed by atoms with Crippen LogP contribution >= 0.6 is 0 Å². The third-order valence-corrected chi connectivity index (χ3v) is 10.2. The summed E-state index contributed by atoms with van der Waals surface area (Å²) < 4.78 is 0. The van der Waals surface area contributed by atoms with Gasteiger partial charge in [-0.15, -0.1) is 0 Å². The monoisotopic (exact) mass is 392 g/mol. The molecule has 0 aromatic rings. The second-order valence-electron chi connectivity index (χ2n) is 11.4. The minimum Gasteiger partial charge on any atom is -0.481 e. The summed E-state index contributed by atoms with van der Waals surface area (Å²) in [5, 5.41) is 30.5. The van der Waals surface area contributed by atoms with Crippen LogP contribution in [-0.4, -0.2) is 33.5 Å². The van der Waals surface area contributed by atoms with Gasteiger partial charge in [-0.1, -0.05) is 20.8 Å². The molecule has 4 aliphatic rings. The highest BCUT2D eigenvalue weighted by molar-refractivity contribution is 5.66. The van der Waals surface area contributed by atoms with Gasteiger partial charge in [0.05, 0.1) is 12.2 Å². The van der Waals surface area contributed by atoms with Gasteiger partial charge < -0.3 is 15.3 Å². The van der Waals surface area contributed by atoms with E-state index in [1.807, 2.05) is 0 Å². The fourth-order valence-corrected chi connectivity index (χ4v) is 8.73. The van der Waals surface area contributed by atoms with Crippen LogP contribution < -0.4 is 0 Å². The number of rotatable bonds is 4. The molecule has 0 aromatic carbocycles. The molecule has 10 atom stereocenters. The molecule has 3 N–H and O–H groups in total. The van der Waals surface area contributed by atoms with Gasteiger partial charge in [-0.3, -0.25) is 4.79 Å². The van der Waals surface area contributed by atoms with E-state index in [1.54, 1.807) is 0 Å². The molecule has 4 fully saturated rings. The summed E-state index contributed by atoms with van der Waals surface area (Å²) in [6.07, 6.45) is 9.19. The van der Waals surface area contributed by atoms with Crippen LogP contribution in [0.15, 0.2) is 0 Å². The molecule has 8 unspecified atom stereocenters. The molecule has 0 aromatic heterocycles. The molecule has 4 heteroatoms. The van der Waals surface area contributed by atoms with Gasteiger partial charge in [0, 0.05) is 6.42 Å². The Bertz CT molecular complexity index is 605. The molecule has 4 aliphatic carbocycles. The van der Waals surface area contributed by atoms with Gasteiger partial charge in [-0.05, 0) is 104 Å². The summed E-state index contributed by atoms with van der Waals surface area (Å²) in [4.78, 5) is 11.1. The Labute approximate surface area is 170 Å². The zero-order valence-corrected chi connectivity index (χ0v) is 17.9. The lowest BCUT2D eigenvalue weighted by Crippen LogP contribution is -2.58. The van der Waals surface area contributed by atoms with Gasteiger partial charge in [0.25, 0.3) is 0 Å². The van der Waals surface area contributed by atoms with Crippen LogP contribution in [0, 0.1) is 46.3 Å². The Morgan fingerprint density at radius 1 is 1.00 bits per heavy atom. The molecule has 0 heterocycles. The number of aliphatic hydroxyl groups excluding tert-OH is 2. The molecule has 0 aliphatic heterocycles. The highest BCUT2D eigenvalue weighted by Crippen LogP contribution is 2.68. The molecule has 0 spiro atoms. The van der Waals surface area contributed by atoms with Crippen LogP contribution in [0.3, 0.4) is 0 Å². The largest absolute Gasteiger partial charge is 0.481 e. The van der Waals surface area contributed by atoms with Gasteiger partial charge in [-0.25, -0.2) is 0 Å². The maximum Gasteiger partial charge on any atom is 0.303 e. The van der Waals surface area contributed by atoms with Crippen LogP contribution in [0.2, 0.25) is 0 Å². The van der Waals surface area contributed by atoms with Crippen LogP contribution in [0.5, 0.6) is 0 Å². The summed E-state index contributed by atoms with van der Waals surface area (Å²) in [6.45, 7) is 7.16. The van der Waals surface area contributed by atoms with E-state index in [2.05, 4.69) is 20.8 Å². The van der Waals surface area contributed by atoms with Gasteiger partial charge >= 0.3 is 5.97 Å². The minimum atomic E-state index is -0.684. The Balaban J connectivity index is 1.55. The lowest BCUT2D eigenvalue weighted by atomic mass is 9.43. The Kier molecular flexibility index (Phi) is 5.36. The van der Waals surface area contributed by atoms with Crippen molar-refractivity contribution in [3.05, 3.63) is 0 Å². The number of aliphatic carboxylic acids is 1. The van der Waals surface area contributed by atoms with Gasteiger partial charge in [0.2, 0.25) is 0 Å². The van der Waals surface area contributed by atoms with Crippen molar-refractivity contribution < 1.29 is 20.1 Å². The van der Waals surface area contributed by atoms with Crippen molar-refractivity contribution in [3.8, 4) is 0 Å². The number of hydrogen-bond acceptors (Lipinski definition) is 3. The summed E-state index contributed by atoms with van der Waals surface area (Å²) >= 11 is 0. The molecule has 4 saturated carbocycles. The van der Waals surface area contributed by atoms with E-state index in [4.69, 9.17) is 5.11 Å². The zero-order valence-electron chi connectivity index (χ0n) is 17.9. The SMILES string of the molecule is CC(CCC(=O)O)C1CCC2C3C(O)C[C@H]4C[C@H](O)CCC4(C)C3CCC12C. The molecule has 0 radical (unpaired) electrons. The fourth-order valence-electron chi connectivity index (χ4n) is 8.73. The maximum atomic E-state index is 11.2. The number of hydrogen-bond donors (Lipinski definition) is 3. The van der Waals surface area contributed by atoms with Crippen molar-refractivity contribution in [2.24, 2.45) is 46.3 Å². The number of carboxylic acids is 1. The fraction of sp³-hybridized carbons (Fsp3) is 0.958. The first-order chi connectivity index (χ1) is 13.2. The highest BCUT2D eigenvalue weighted by Gasteiger charge is 2.62. The van der Waals surface area contributed by atoms with E-state index in [0.29, 0.717) is 35.5 Å². The molecule has 28 heavy (non-hydrogen) atoms. The maximum absolute atomic E-state index is 11.2. The predicted octanol–water partition coefficient (Wildman–Crippen LogP) is 4.48. The van der Waals surface area contributed by atoms with Crippen LogP contribution in [0.1, 0.15) is 85.0 Å². The molecule has 0 amide bonds. The van der Waals surface area contributed by atoms with Gasteiger partial charge in [0.15, 0.2) is 0 Å². The quantitative estimate of drug-likeness (QED) is 0.659. The topological polar surface area (TPSA) is 77.8 Å². The summed E-state index contributed by atoms with van der Waals surface area (Å²) in [5.41, 5.74) is 0.523. The Morgan fingerprint density at radius 3 is 2.39 bits per heavy atom. The summed E-state index contributed by atoms with van der Waals surface area (Å²) in [5.74, 6) is 2.36. The van der Waals surface area contributed by atoms with E-state index in [9.17, 15) is 15.0 Å². The second-order valence-corrected chi connectivity index (χ2v) is 11.4. The van der Waals surface area contributed by atoms with E-state index < -0.39 is 5.97 Å². The molecule has 4 rings (SSSR count). The zero-order chi connectivity index (χ0) is 20.3. The lowest BCUT2D eigenvalue weighted by Gasteiger charge is -2.62. The Morgan fingerprint density at radius 2 is 1.68 bits per heavy atom. The standard InChI is InChI=1S/C24H40O4/c1-14(4-7-21(27)28)17-5-6-18-22-19(9-11-24(17,18)3)23(2)10-8-16(25)12-15(23)13-20(22)26/h14-20,22,25-26H,4-13H2,1-3H3,(H,27,28)/t14?,15-,16-,17?,18?,19?,20?,22?,23?,24?/m1/s1. The van der Waals surface area contributed by atoms with Crippen LogP contribution in [0.4, 0.5) is 0 Å². The smallest absolute Gasteiger partial charge is 0.303 e. The molecule has 0 bridgehead atoms. The molecular weight excluding hydrogens is 352 g/mol. The van der Waals surface area contributed by atoms with E-state index in [-0.39, 0.29) is 29.5 Å². The number of fused-ring (bicyclic) bond motifs is 5. The van der Waals surface area contributed by atoms with E-state index in [0.717, 1.165) is 32.1 Å². The molecule has 4 nitrogen and oxygen atoms in total. The van der Waals surface area contributed by atoms with Crippen molar-refractivity contribution in [1.82, 2.24) is 0 Å². The average Bonchev–Trinajstić information content (AvgIpc) is 2.98. The molecule has 160 valence electrons. The van der Waals surface area contributed by atoms with Crippen molar-refractivity contribution in [1.29, 1.82) is 0 Å². The summed E-state index contributed by atoms with van der Waals surface area (Å²) in [6, 6.07) is 0. The van der Waals surface area contributed by atoms with Gasteiger partial charge in [-0.2, -0.15) is 0 Å². The Hall–Kier alpha value is -0.610. The number of carboxylic acid groups (broad SMARTS) is 1. The highest BCUT2D eigenvalue weighted by atomic mass is 16.4. The molecular formula is C24H40O4. The van der Waals surface area contributed by atoms with E-state index >= 15 is 0 Å². The van der Waals surface area contributed by atoms with Gasteiger partial charge in [0.1, 0.15) is 0 Å². The van der Waals surface area contributed by atoms with Crippen LogP contribution in [-0.2, 0) is 4.79 Å². The third kappa shape index (κ3) is 3.14. The number of carbonyl (C=O) groups is 1. The lowest BCUT2D eigenvalue weighted by molar-refractivity contribution is -0.174. The first-order valence-corrected chi connectivity index (χ1v) is 11.7. The normalized spacial score (nSPS) is 51.7. The van der Waals surface area contributed by atoms with E-state index in [1.165, 1.54) is 25.7 Å². The second kappa shape index (κ2) is 7.27. The van der Waals surface area contributed by atoms with Crippen molar-refractivity contribution in [2.45, 2.75) is 97.2 Å².